The first-order valence-electron chi connectivity index (χ1n) is 8.29. The Balaban J connectivity index is 1.98. The molecule has 2 atom stereocenters. The van der Waals surface area contributed by atoms with Crippen molar-refractivity contribution in [3.8, 4) is 5.75 Å². The highest BCUT2D eigenvalue weighted by Gasteiger charge is 2.24. The van der Waals surface area contributed by atoms with Gasteiger partial charge in [0.15, 0.2) is 9.84 Å². The third kappa shape index (κ3) is 5.11. The first-order chi connectivity index (χ1) is 10.9. The quantitative estimate of drug-likeness (QED) is 0.823. The summed E-state index contributed by atoms with van der Waals surface area (Å²) >= 11 is 0. The van der Waals surface area contributed by atoms with Gasteiger partial charge in [-0.2, -0.15) is 0 Å². The Morgan fingerprint density at radius 3 is 2.83 bits per heavy atom. The summed E-state index contributed by atoms with van der Waals surface area (Å²) in [6.07, 6.45) is 2.16. The maximum atomic E-state index is 11.8. The SMILES string of the molecule is CCS(=O)(=O)C[C@H](C)N[C@@H]1CCCN(c2ccccc2OC)C1. The molecule has 0 bridgehead atoms. The highest BCUT2D eigenvalue weighted by molar-refractivity contribution is 7.91. The molecule has 130 valence electrons. The molecule has 6 heteroatoms. The van der Waals surface area contributed by atoms with Crippen molar-refractivity contribution in [1.29, 1.82) is 0 Å². The molecule has 23 heavy (non-hydrogen) atoms. The lowest BCUT2D eigenvalue weighted by Crippen LogP contribution is -2.50. The summed E-state index contributed by atoms with van der Waals surface area (Å²) in [5.41, 5.74) is 1.11. The summed E-state index contributed by atoms with van der Waals surface area (Å²) in [6.45, 7) is 5.53. The second-order valence-electron chi connectivity index (χ2n) is 6.22. The third-order valence-corrected chi connectivity index (χ3v) is 6.20. The number of nitrogens with zero attached hydrogens (tertiary/aromatic N) is 1. The van der Waals surface area contributed by atoms with E-state index in [1.165, 1.54) is 0 Å². The highest BCUT2D eigenvalue weighted by atomic mass is 32.2. The molecule has 1 aliphatic heterocycles. The molecule has 1 heterocycles. The van der Waals surface area contributed by atoms with E-state index < -0.39 is 9.84 Å². The van der Waals surface area contributed by atoms with Gasteiger partial charge in [0, 0.05) is 30.9 Å². The average molecular weight is 340 g/mol. The predicted molar refractivity (Wildman–Crippen MR) is 95.2 cm³/mol. The molecule has 1 saturated heterocycles. The van der Waals surface area contributed by atoms with Crippen LogP contribution in [0.5, 0.6) is 5.75 Å². The van der Waals surface area contributed by atoms with Crippen molar-refractivity contribution in [2.45, 2.75) is 38.8 Å². The fourth-order valence-corrected chi connectivity index (χ4v) is 4.27. The highest BCUT2D eigenvalue weighted by Crippen LogP contribution is 2.29. The monoisotopic (exact) mass is 340 g/mol. The first kappa shape index (κ1) is 18.1. The van der Waals surface area contributed by atoms with Crippen molar-refractivity contribution in [1.82, 2.24) is 5.32 Å². The number of benzene rings is 1. The lowest BCUT2D eigenvalue weighted by Gasteiger charge is -2.36. The van der Waals surface area contributed by atoms with Crippen LogP contribution in [0, 0.1) is 0 Å². The summed E-state index contributed by atoms with van der Waals surface area (Å²) in [6, 6.07) is 8.32. The molecule has 5 nitrogen and oxygen atoms in total. The number of rotatable bonds is 7. The molecule has 0 amide bonds. The van der Waals surface area contributed by atoms with Crippen molar-refractivity contribution in [2.24, 2.45) is 0 Å². The number of ether oxygens (including phenoxy) is 1. The van der Waals surface area contributed by atoms with E-state index in [-0.39, 0.29) is 17.5 Å². The number of sulfone groups is 1. The number of nitrogens with one attached hydrogen (secondary N) is 1. The number of anilines is 1. The fourth-order valence-electron chi connectivity index (χ4n) is 3.17. The largest absolute Gasteiger partial charge is 0.495 e. The Morgan fingerprint density at radius 1 is 1.39 bits per heavy atom. The van der Waals surface area contributed by atoms with Gasteiger partial charge in [-0.1, -0.05) is 19.1 Å². The second kappa shape index (κ2) is 8.02. The number of hydrogen-bond donors (Lipinski definition) is 1. The van der Waals surface area contributed by atoms with E-state index in [1.54, 1.807) is 14.0 Å². The van der Waals surface area contributed by atoms with E-state index in [1.807, 2.05) is 25.1 Å². The fraction of sp³-hybridized carbons (Fsp3) is 0.647. The minimum absolute atomic E-state index is 0.0254. The van der Waals surface area contributed by atoms with Crippen molar-refractivity contribution in [3.63, 3.8) is 0 Å². The summed E-state index contributed by atoms with van der Waals surface area (Å²) < 4.78 is 29.0. The first-order valence-corrected chi connectivity index (χ1v) is 10.1. The van der Waals surface area contributed by atoms with Gasteiger partial charge in [0.1, 0.15) is 5.75 Å². The molecule has 1 aromatic carbocycles. The Kier molecular flexibility index (Phi) is 6.30. The Hall–Kier alpha value is -1.27. The molecule has 1 aliphatic rings. The number of para-hydroxylation sites is 2. The zero-order valence-corrected chi connectivity index (χ0v) is 15.1. The third-order valence-electron chi connectivity index (χ3n) is 4.31. The maximum Gasteiger partial charge on any atom is 0.151 e. The van der Waals surface area contributed by atoms with Gasteiger partial charge in [-0.05, 0) is 31.9 Å². The molecular weight excluding hydrogens is 312 g/mol. The molecule has 1 N–H and O–H groups in total. The van der Waals surface area contributed by atoms with Gasteiger partial charge in [-0.25, -0.2) is 8.42 Å². The summed E-state index contributed by atoms with van der Waals surface area (Å²) in [7, 11) is -1.25. The average Bonchev–Trinajstić information content (AvgIpc) is 2.54. The van der Waals surface area contributed by atoms with Gasteiger partial charge in [0.25, 0.3) is 0 Å². The molecule has 0 aromatic heterocycles. The van der Waals surface area contributed by atoms with Crippen LogP contribution in [0.3, 0.4) is 0 Å². The number of methoxy groups -OCH3 is 1. The molecular formula is C17H28N2O3S. The maximum absolute atomic E-state index is 11.8. The van der Waals surface area contributed by atoms with Crippen LogP contribution < -0.4 is 15.0 Å². The summed E-state index contributed by atoms with van der Waals surface area (Å²) in [4.78, 5) is 2.32. The molecule has 2 rings (SSSR count). The van der Waals surface area contributed by atoms with E-state index in [2.05, 4.69) is 16.3 Å². The molecule has 0 aliphatic carbocycles. The minimum atomic E-state index is -2.94. The van der Waals surface area contributed by atoms with E-state index in [0.29, 0.717) is 6.04 Å². The lowest BCUT2D eigenvalue weighted by molar-refractivity contribution is 0.385. The van der Waals surface area contributed by atoms with Crippen molar-refractivity contribution in [2.75, 3.05) is 36.6 Å². The van der Waals surface area contributed by atoms with Crippen LogP contribution in [0.15, 0.2) is 24.3 Å². The van der Waals surface area contributed by atoms with Crippen LogP contribution in [-0.2, 0) is 9.84 Å². The van der Waals surface area contributed by atoms with Crippen LogP contribution in [0.25, 0.3) is 0 Å². The van der Waals surface area contributed by atoms with Crippen LogP contribution in [0.4, 0.5) is 5.69 Å². The lowest BCUT2D eigenvalue weighted by atomic mass is 10.0. The number of hydrogen-bond acceptors (Lipinski definition) is 5. The van der Waals surface area contributed by atoms with Crippen molar-refractivity contribution < 1.29 is 13.2 Å². The molecule has 1 fully saturated rings. The smallest absolute Gasteiger partial charge is 0.151 e. The molecule has 0 radical (unpaired) electrons. The van der Waals surface area contributed by atoms with E-state index in [9.17, 15) is 8.42 Å². The molecule has 0 unspecified atom stereocenters. The zero-order valence-electron chi connectivity index (χ0n) is 14.3. The van der Waals surface area contributed by atoms with Gasteiger partial charge >= 0.3 is 0 Å². The predicted octanol–water partition coefficient (Wildman–Crippen LogP) is 2.08. The van der Waals surface area contributed by atoms with Gasteiger partial charge in [-0.3, -0.25) is 0 Å². The van der Waals surface area contributed by atoms with Gasteiger partial charge in [0.2, 0.25) is 0 Å². The van der Waals surface area contributed by atoms with Crippen LogP contribution in [-0.4, -0.2) is 52.2 Å². The van der Waals surface area contributed by atoms with Crippen LogP contribution in [0.2, 0.25) is 0 Å². The second-order valence-corrected chi connectivity index (χ2v) is 8.62. The van der Waals surface area contributed by atoms with Gasteiger partial charge < -0.3 is 15.0 Å². The van der Waals surface area contributed by atoms with Crippen molar-refractivity contribution >= 4 is 15.5 Å². The zero-order chi connectivity index (χ0) is 16.9. The Labute approximate surface area is 139 Å². The Morgan fingerprint density at radius 2 is 2.13 bits per heavy atom. The van der Waals surface area contributed by atoms with Crippen LogP contribution in [0.1, 0.15) is 26.7 Å². The molecule has 0 spiro atoms. The Bertz CT molecular complexity index is 604. The van der Waals surface area contributed by atoms with Gasteiger partial charge in [0.05, 0.1) is 18.6 Å². The summed E-state index contributed by atoms with van der Waals surface area (Å²) in [5.74, 6) is 1.29. The topological polar surface area (TPSA) is 58.6 Å². The number of piperidine rings is 1. The van der Waals surface area contributed by atoms with Crippen molar-refractivity contribution in [3.05, 3.63) is 24.3 Å². The summed E-state index contributed by atoms with van der Waals surface area (Å²) in [5, 5.41) is 3.48. The van der Waals surface area contributed by atoms with Crippen LogP contribution >= 0.6 is 0 Å². The van der Waals surface area contributed by atoms with Gasteiger partial charge in [-0.15, -0.1) is 0 Å². The van der Waals surface area contributed by atoms with E-state index in [0.717, 1.165) is 37.4 Å². The standard InChI is InChI=1S/C17H28N2O3S/c1-4-23(20,21)13-14(2)18-15-8-7-11-19(12-15)16-9-5-6-10-17(16)22-3/h5-6,9-10,14-15,18H,4,7-8,11-13H2,1-3H3/t14-,15+/m0/s1. The normalized spacial score (nSPS) is 20.3. The molecule has 1 aromatic rings. The minimum Gasteiger partial charge on any atom is -0.495 e. The molecule has 0 saturated carbocycles. The van der Waals surface area contributed by atoms with E-state index >= 15 is 0 Å². The van der Waals surface area contributed by atoms with E-state index in [4.69, 9.17) is 4.74 Å².